The molecule has 0 atom stereocenters. The number of carbonyl (C=O) groups excluding carboxylic acids is 1. The van der Waals surface area contributed by atoms with Gasteiger partial charge in [-0.25, -0.2) is 9.97 Å². The van der Waals surface area contributed by atoms with E-state index in [9.17, 15) is 4.79 Å². The van der Waals surface area contributed by atoms with Gasteiger partial charge in [0.15, 0.2) is 0 Å². The van der Waals surface area contributed by atoms with Crippen molar-refractivity contribution in [3.63, 3.8) is 0 Å². The van der Waals surface area contributed by atoms with Crippen LogP contribution >= 0.6 is 46.6 Å². The molecular weight excluding hydrogens is 567 g/mol. The molecule has 0 bridgehead atoms. The molecule has 0 spiro atoms. The minimum absolute atomic E-state index is 0.257. The Labute approximate surface area is 241 Å². The number of thioether (sulfide) groups is 1. The van der Waals surface area contributed by atoms with Gasteiger partial charge in [0.2, 0.25) is 5.95 Å². The molecule has 1 N–H and O–H groups in total. The van der Waals surface area contributed by atoms with Crippen molar-refractivity contribution in [3.05, 3.63) is 57.2 Å². The number of benzene rings is 2. The van der Waals surface area contributed by atoms with Crippen LogP contribution in [0.1, 0.15) is 23.2 Å². The fourth-order valence-electron chi connectivity index (χ4n) is 4.77. The summed E-state index contributed by atoms with van der Waals surface area (Å²) in [6, 6.07) is 9.45. The summed E-state index contributed by atoms with van der Waals surface area (Å²) in [7, 11) is 5.88. The number of carbonyl (C=O) groups is 1. The Morgan fingerprint density at radius 1 is 1.08 bits per heavy atom. The number of halogens is 3. The third-order valence-corrected chi connectivity index (χ3v) is 8.65. The zero-order valence-electron chi connectivity index (χ0n) is 21.2. The number of nitrogens with zero attached hydrogens (tertiary/aromatic N) is 5. The molecule has 1 saturated heterocycles. The second-order valence-corrected chi connectivity index (χ2v) is 11.5. The molecule has 1 fully saturated rings. The lowest BCUT2D eigenvalue weighted by Crippen LogP contribution is -2.42. The van der Waals surface area contributed by atoms with Gasteiger partial charge in [-0.15, -0.1) is 0 Å². The van der Waals surface area contributed by atoms with E-state index in [0.29, 0.717) is 60.6 Å². The molecule has 200 valence electrons. The molecule has 0 aliphatic carbocycles. The first-order valence-corrected chi connectivity index (χ1v) is 14.2. The molecule has 12 heteroatoms. The summed E-state index contributed by atoms with van der Waals surface area (Å²) in [5.74, 6) is 1.10. The SMILES string of the molecule is COc1cc(Nc2ncc3c(n2)SCN(c2c(Cl)cccc2Cl)C3=O)cc(Cl)c1N1CCC(N(C)C)CC1. The number of methoxy groups -OCH3 is 1. The molecule has 38 heavy (non-hydrogen) atoms. The lowest BCUT2D eigenvalue weighted by molar-refractivity contribution is 0.0985. The summed E-state index contributed by atoms with van der Waals surface area (Å²) >= 11 is 20.8. The number of ether oxygens (including phenoxy) is 1. The molecule has 2 aliphatic heterocycles. The van der Waals surface area contributed by atoms with Crippen molar-refractivity contribution in [3.8, 4) is 5.75 Å². The number of piperidine rings is 1. The number of para-hydroxylation sites is 1. The van der Waals surface area contributed by atoms with Crippen molar-refractivity contribution in [2.24, 2.45) is 0 Å². The Morgan fingerprint density at radius 3 is 2.45 bits per heavy atom. The van der Waals surface area contributed by atoms with Gasteiger partial charge < -0.3 is 19.9 Å². The Balaban J connectivity index is 1.35. The third kappa shape index (κ3) is 5.35. The van der Waals surface area contributed by atoms with Crippen LogP contribution in [0.25, 0.3) is 0 Å². The van der Waals surface area contributed by atoms with Gasteiger partial charge in [0.1, 0.15) is 10.8 Å². The van der Waals surface area contributed by atoms with E-state index < -0.39 is 0 Å². The van der Waals surface area contributed by atoms with Crippen LogP contribution in [-0.2, 0) is 0 Å². The number of rotatable bonds is 6. The van der Waals surface area contributed by atoms with E-state index in [1.165, 1.54) is 18.0 Å². The van der Waals surface area contributed by atoms with Crippen molar-refractivity contribution >= 4 is 75.5 Å². The van der Waals surface area contributed by atoms with Gasteiger partial charge in [-0.1, -0.05) is 52.6 Å². The number of hydrogen-bond donors (Lipinski definition) is 1. The van der Waals surface area contributed by atoms with Crippen LogP contribution < -0.4 is 19.9 Å². The van der Waals surface area contributed by atoms with Crippen molar-refractivity contribution in [2.75, 3.05) is 55.3 Å². The van der Waals surface area contributed by atoms with Crippen LogP contribution in [0.4, 0.5) is 23.0 Å². The summed E-state index contributed by atoms with van der Waals surface area (Å²) in [4.78, 5) is 28.3. The number of anilines is 4. The van der Waals surface area contributed by atoms with Gasteiger partial charge in [-0.05, 0) is 45.1 Å². The quantitative estimate of drug-likeness (QED) is 0.328. The van der Waals surface area contributed by atoms with Gasteiger partial charge in [0.25, 0.3) is 5.91 Å². The normalized spacial score (nSPS) is 16.1. The highest BCUT2D eigenvalue weighted by Gasteiger charge is 2.31. The average molecular weight is 594 g/mol. The standard InChI is InChI=1S/C26H27Cl3N6O2S/c1-33(2)16-7-9-34(10-8-16)23-20(29)11-15(12-21(23)37-3)31-26-30-13-17-24(32-26)38-14-35(25(17)36)22-18(27)5-4-6-19(22)28/h4-6,11-13,16H,7-10,14H2,1-3H3,(H,30,31,32). The van der Waals surface area contributed by atoms with E-state index >= 15 is 0 Å². The lowest BCUT2D eigenvalue weighted by atomic mass is 10.0. The van der Waals surface area contributed by atoms with Gasteiger partial charge in [0, 0.05) is 37.1 Å². The Kier molecular flexibility index (Phi) is 8.11. The molecule has 8 nitrogen and oxygen atoms in total. The van der Waals surface area contributed by atoms with Crippen LogP contribution in [0.5, 0.6) is 5.75 Å². The Bertz CT molecular complexity index is 1350. The zero-order valence-corrected chi connectivity index (χ0v) is 24.3. The monoisotopic (exact) mass is 592 g/mol. The largest absolute Gasteiger partial charge is 0.494 e. The summed E-state index contributed by atoms with van der Waals surface area (Å²) in [5.41, 5.74) is 2.45. The first-order chi connectivity index (χ1) is 18.3. The van der Waals surface area contributed by atoms with Crippen molar-refractivity contribution < 1.29 is 9.53 Å². The van der Waals surface area contributed by atoms with E-state index in [1.807, 2.05) is 12.1 Å². The number of fused-ring (bicyclic) bond motifs is 1. The predicted molar refractivity (Wildman–Crippen MR) is 156 cm³/mol. The van der Waals surface area contributed by atoms with E-state index in [-0.39, 0.29) is 5.91 Å². The lowest BCUT2D eigenvalue weighted by Gasteiger charge is -2.37. The number of nitrogens with one attached hydrogen (secondary N) is 1. The van der Waals surface area contributed by atoms with Crippen molar-refractivity contribution in [1.82, 2.24) is 14.9 Å². The highest BCUT2D eigenvalue weighted by atomic mass is 35.5. The summed E-state index contributed by atoms with van der Waals surface area (Å²) in [6.07, 6.45) is 3.64. The first-order valence-electron chi connectivity index (χ1n) is 12.1. The molecule has 3 heterocycles. The van der Waals surface area contributed by atoms with E-state index in [0.717, 1.165) is 31.6 Å². The van der Waals surface area contributed by atoms with E-state index in [1.54, 1.807) is 30.2 Å². The minimum atomic E-state index is -0.257. The van der Waals surface area contributed by atoms with Crippen LogP contribution in [0.3, 0.4) is 0 Å². The summed E-state index contributed by atoms with van der Waals surface area (Å²) < 4.78 is 5.72. The molecule has 2 aromatic carbocycles. The average Bonchev–Trinajstić information content (AvgIpc) is 2.89. The van der Waals surface area contributed by atoms with Crippen molar-refractivity contribution in [1.29, 1.82) is 0 Å². The number of aromatic nitrogens is 2. The fraction of sp³-hybridized carbons (Fsp3) is 0.346. The maximum Gasteiger partial charge on any atom is 0.263 e. The minimum Gasteiger partial charge on any atom is -0.494 e. The first kappa shape index (κ1) is 27.1. The molecule has 0 saturated carbocycles. The molecule has 3 aromatic rings. The zero-order chi connectivity index (χ0) is 27.0. The molecule has 0 radical (unpaired) electrons. The van der Waals surface area contributed by atoms with Gasteiger partial charge in [0.05, 0.1) is 45.0 Å². The summed E-state index contributed by atoms with van der Waals surface area (Å²) in [5, 5.41) is 5.18. The van der Waals surface area contributed by atoms with Crippen molar-refractivity contribution in [2.45, 2.75) is 23.9 Å². The van der Waals surface area contributed by atoms with Gasteiger partial charge in [-0.3, -0.25) is 9.69 Å². The molecule has 5 rings (SSSR count). The summed E-state index contributed by atoms with van der Waals surface area (Å²) in [6.45, 7) is 1.81. The third-order valence-electron chi connectivity index (χ3n) is 6.78. The van der Waals surface area contributed by atoms with Crippen LogP contribution in [0.2, 0.25) is 15.1 Å². The molecule has 1 amide bonds. The van der Waals surface area contributed by atoms with Gasteiger partial charge >= 0.3 is 0 Å². The van der Waals surface area contributed by atoms with E-state index in [4.69, 9.17) is 39.5 Å². The Hall–Kier alpha value is -2.43. The topological polar surface area (TPSA) is 73.8 Å². The van der Waals surface area contributed by atoms with Crippen LogP contribution in [0.15, 0.2) is 41.6 Å². The second kappa shape index (κ2) is 11.4. The smallest absolute Gasteiger partial charge is 0.263 e. The van der Waals surface area contributed by atoms with Crippen LogP contribution in [-0.4, -0.2) is 67.0 Å². The highest BCUT2D eigenvalue weighted by molar-refractivity contribution is 7.99. The maximum absolute atomic E-state index is 13.2. The van der Waals surface area contributed by atoms with Crippen LogP contribution in [0, 0.1) is 0 Å². The molecular formula is C26H27Cl3N6O2S. The molecule has 1 aromatic heterocycles. The Morgan fingerprint density at radius 2 is 1.79 bits per heavy atom. The highest BCUT2D eigenvalue weighted by Crippen LogP contribution is 2.42. The molecule has 0 unspecified atom stereocenters. The fourth-order valence-corrected chi connectivity index (χ4v) is 6.65. The maximum atomic E-state index is 13.2. The second-order valence-electron chi connectivity index (χ2n) is 9.31. The predicted octanol–water partition coefficient (Wildman–Crippen LogP) is 6.43. The number of amides is 1. The van der Waals surface area contributed by atoms with Gasteiger partial charge in [-0.2, -0.15) is 0 Å². The molecule has 2 aliphatic rings. The van der Waals surface area contributed by atoms with E-state index in [2.05, 4.69) is 39.2 Å². The number of hydrogen-bond acceptors (Lipinski definition) is 8.